The molecular formula is C12H12O2. The second-order valence-electron chi connectivity index (χ2n) is 3.69. The number of carboxylic acid groups (broad SMARTS) is 1. The number of hydrogen-bond donors (Lipinski definition) is 1. The molecule has 0 spiro atoms. The van der Waals surface area contributed by atoms with Gasteiger partial charge in [-0.15, -0.1) is 0 Å². The largest absolute Gasteiger partial charge is 0.478 e. The average Bonchev–Trinajstić information content (AvgIpc) is 2.97. The molecule has 0 amide bonds. The van der Waals surface area contributed by atoms with Crippen LogP contribution in [-0.2, 0) is 4.79 Å². The number of aliphatic carboxylic acids is 1. The van der Waals surface area contributed by atoms with Crippen LogP contribution in [0.4, 0.5) is 0 Å². The first kappa shape index (κ1) is 9.00. The van der Waals surface area contributed by atoms with Crippen molar-refractivity contribution in [1.29, 1.82) is 0 Å². The van der Waals surface area contributed by atoms with Gasteiger partial charge in [-0.3, -0.25) is 0 Å². The molecule has 0 aliphatic heterocycles. The summed E-state index contributed by atoms with van der Waals surface area (Å²) in [7, 11) is 0. The van der Waals surface area contributed by atoms with Gasteiger partial charge in [-0.1, -0.05) is 36.9 Å². The minimum Gasteiger partial charge on any atom is -0.478 e. The highest BCUT2D eigenvalue weighted by Gasteiger charge is 2.42. The van der Waals surface area contributed by atoms with Crippen LogP contribution in [0.3, 0.4) is 0 Å². The van der Waals surface area contributed by atoms with Gasteiger partial charge >= 0.3 is 5.97 Å². The van der Waals surface area contributed by atoms with E-state index < -0.39 is 5.97 Å². The highest BCUT2D eigenvalue weighted by atomic mass is 16.4. The van der Waals surface area contributed by atoms with Crippen LogP contribution in [0, 0.1) is 5.92 Å². The van der Waals surface area contributed by atoms with Crippen LogP contribution in [0.2, 0.25) is 0 Å². The lowest BCUT2D eigenvalue weighted by Crippen LogP contribution is -2.01. The molecule has 2 nitrogen and oxygen atoms in total. The van der Waals surface area contributed by atoms with E-state index in [2.05, 4.69) is 6.58 Å². The van der Waals surface area contributed by atoms with Gasteiger partial charge in [0.05, 0.1) is 0 Å². The van der Waals surface area contributed by atoms with Crippen molar-refractivity contribution < 1.29 is 9.90 Å². The zero-order valence-electron chi connectivity index (χ0n) is 7.81. The number of rotatable bonds is 3. The summed E-state index contributed by atoms with van der Waals surface area (Å²) in [5.41, 5.74) is 1.57. The Kier molecular flexibility index (Phi) is 2.12. The maximum atomic E-state index is 10.7. The van der Waals surface area contributed by atoms with Crippen LogP contribution in [0.15, 0.2) is 42.5 Å². The highest BCUT2D eigenvalue weighted by molar-refractivity contribution is 5.87. The molecule has 1 saturated carbocycles. The Hall–Kier alpha value is -1.57. The second-order valence-corrected chi connectivity index (χ2v) is 3.69. The predicted molar refractivity (Wildman–Crippen MR) is 54.1 cm³/mol. The van der Waals surface area contributed by atoms with Gasteiger partial charge in [-0.05, 0) is 23.8 Å². The molecule has 1 fully saturated rings. The van der Waals surface area contributed by atoms with Gasteiger partial charge in [0.25, 0.3) is 0 Å². The summed E-state index contributed by atoms with van der Waals surface area (Å²) < 4.78 is 0. The number of carboxylic acids is 1. The Labute approximate surface area is 82.9 Å². The third-order valence-corrected chi connectivity index (χ3v) is 2.74. The fourth-order valence-corrected chi connectivity index (χ4v) is 1.81. The lowest BCUT2D eigenvalue weighted by Gasteiger charge is -1.99. The van der Waals surface area contributed by atoms with Crippen molar-refractivity contribution in [3.8, 4) is 0 Å². The fraction of sp³-hybridized carbons (Fsp3) is 0.250. The van der Waals surface area contributed by atoms with Gasteiger partial charge in [-0.2, -0.15) is 0 Å². The van der Waals surface area contributed by atoms with Crippen LogP contribution in [0.1, 0.15) is 17.9 Å². The molecule has 14 heavy (non-hydrogen) atoms. The zero-order chi connectivity index (χ0) is 10.1. The average molecular weight is 188 g/mol. The SMILES string of the molecule is C=C(C(=O)O)[C@@H]1C[C@H]1c1ccccc1. The first-order valence-corrected chi connectivity index (χ1v) is 4.67. The molecule has 0 aromatic heterocycles. The zero-order valence-corrected chi connectivity index (χ0v) is 7.81. The molecule has 2 heteroatoms. The molecule has 0 heterocycles. The van der Waals surface area contributed by atoms with Crippen LogP contribution < -0.4 is 0 Å². The molecule has 0 unspecified atom stereocenters. The van der Waals surface area contributed by atoms with E-state index in [1.165, 1.54) is 5.56 Å². The summed E-state index contributed by atoms with van der Waals surface area (Å²) in [5, 5.41) is 8.76. The van der Waals surface area contributed by atoms with Crippen LogP contribution in [0.25, 0.3) is 0 Å². The van der Waals surface area contributed by atoms with E-state index in [4.69, 9.17) is 5.11 Å². The lowest BCUT2D eigenvalue weighted by molar-refractivity contribution is -0.132. The van der Waals surface area contributed by atoms with E-state index in [1.807, 2.05) is 30.3 Å². The van der Waals surface area contributed by atoms with E-state index in [0.29, 0.717) is 11.5 Å². The summed E-state index contributed by atoms with van der Waals surface area (Å²) in [6.45, 7) is 3.59. The maximum absolute atomic E-state index is 10.7. The summed E-state index contributed by atoms with van der Waals surface area (Å²) in [6.07, 6.45) is 0.926. The van der Waals surface area contributed by atoms with Crippen molar-refractivity contribution in [2.45, 2.75) is 12.3 Å². The molecule has 0 radical (unpaired) electrons. The molecule has 0 saturated heterocycles. The topological polar surface area (TPSA) is 37.3 Å². The quantitative estimate of drug-likeness (QED) is 0.740. The maximum Gasteiger partial charge on any atom is 0.331 e. The predicted octanol–water partition coefficient (Wildman–Crippen LogP) is 2.43. The first-order valence-electron chi connectivity index (χ1n) is 4.67. The normalized spacial score (nSPS) is 24.3. The van der Waals surface area contributed by atoms with Gasteiger partial charge in [0.1, 0.15) is 0 Å². The monoisotopic (exact) mass is 188 g/mol. The Morgan fingerprint density at radius 1 is 1.36 bits per heavy atom. The van der Waals surface area contributed by atoms with E-state index in [-0.39, 0.29) is 5.92 Å². The van der Waals surface area contributed by atoms with Crippen molar-refractivity contribution in [1.82, 2.24) is 0 Å². The van der Waals surface area contributed by atoms with E-state index in [0.717, 1.165) is 6.42 Å². The van der Waals surface area contributed by atoms with Crippen LogP contribution in [-0.4, -0.2) is 11.1 Å². The number of hydrogen-bond acceptors (Lipinski definition) is 1. The van der Waals surface area contributed by atoms with Crippen LogP contribution in [0.5, 0.6) is 0 Å². The van der Waals surface area contributed by atoms with Gasteiger partial charge < -0.3 is 5.11 Å². The minimum atomic E-state index is -0.867. The standard InChI is InChI=1S/C12H12O2/c1-8(12(13)14)10-7-11(10)9-5-3-2-4-6-9/h2-6,10-11H,1,7H2,(H,13,14)/t10-,11-/m0/s1. The lowest BCUT2D eigenvalue weighted by atomic mass is 10.1. The molecule has 2 atom stereocenters. The van der Waals surface area contributed by atoms with E-state index in [1.54, 1.807) is 0 Å². The highest BCUT2D eigenvalue weighted by Crippen LogP contribution is 2.51. The van der Waals surface area contributed by atoms with Gasteiger partial charge in [0.15, 0.2) is 0 Å². The molecule has 1 aromatic carbocycles. The third-order valence-electron chi connectivity index (χ3n) is 2.74. The smallest absolute Gasteiger partial charge is 0.331 e. The van der Waals surface area contributed by atoms with Crippen molar-refractivity contribution in [2.75, 3.05) is 0 Å². The van der Waals surface area contributed by atoms with Crippen molar-refractivity contribution in [3.63, 3.8) is 0 Å². The Bertz CT molecular complexity index is 367. The molecule has 2 rings (SSSR count). The first-order chi connectivity index (χ1) is 6.70. The Balaban J connectivity index is 2.07. The van der Waals surface area contributed by atoms with Gasteiger partial charge in [-0.25, -0.2) is 4.79 Å². The van der Waals surface area contributed by atoms with Crippen molar-refractivity contribution >= 4 is 5.97 Å². The Morgan fingerprint density at radius 3 is 2.57 bits per heavy atom. The molecule has 1 aliphatic rings. The summed E-state index contributed by atoms with van der Waals surface area (Å²) >= 11 is 0. The minimum absolute atomic E-state index is 0.148. The molecular weight excluding hydrogens is 176 g/mol. The summed E-state index contributed by atoms with van der Waals surface area (Å²) in [4.78, 5) is 10.7. The molecule has 1 N–H and O–H groups in total. The van der Waals surface area contributed by atoms with E-state index >= 15 is 0 Å². The van der Waals surface area contributed by atoms with Gasteiger partial charge in [0, 0.05) is 5.57 Å². The fourth-order valence-electron chi connectivity index (χ4n) is 1.81. The van der Waals surface area contributed by atoms with E-state index in [9.17, 15) is 4.79 Å². The number of carbonyl (C=O) groups is 1. The third kappa shape index (κ3) is 1.55. The molecule has 1 aromatic rings. The molecule has 1 aliphatic carbocycles. The Morgan fingerprint density at radius 2 is 2.00 bits per heavy atom. The molecule has 0 bridgehead atoms. The summed E-state index contributed by atoms with van der Waals surface area (Å²) in [6, 6.07) is 10.0. The van der Waals surface area contributed by atoms with Crippen LogP contribution >= 0.6 is 0 Å². The van der Waals surface area contributed by atoms with Crippen molar-refractivity contribution in [3.05, 3.63) is 48.0 Å². The van der Waals surface area contributed by atoms with Crippen molar-refractivity contribution in [2.24, 2.45) is 5.92 Å². The second kappa shape index (κ2) is 3.29. The number of benzene rings is 1. The van der Waals surface area contributed by atoms with Gasteiger partial charge in [0.2, 0.25) is 0 Å². The molecule has 72 valence electrons. The summed E-state index contributed by atoms with van der Waals surface area (Å²) in [5.74, 6) is -0.344.